The Labute approximate surface area is 73.2 Å². The first-order valence-corrected chi connectivity index (χ1v) is 3.66. The predicted octanol–water partition coefficient (Wildman–Crippen LogP) is 3.46. The first-order valence-electron chi connectivity index (χ1n) is 3.66. The van der Waals surface area contributed by atoms with Crippen LogP contribution in [0.1, 0.15) is 16.7 Å². The molecule has 72 valence electrons. The molecule has 0 saturated carbocycles. The Morgan fingerprint density at radius 3 is 2.08 bits per heavy atom. The summed E-state index contributed by atoms with van der Waals surface area (Å²) in [4.78, 5) is 0. The van der Waals surface area contributed by atoms with Crippen LogP contribution in [0.15, 0.2) is 12.1 Å². The third-order valence-electron chi connectivity index (χ3n) is 1.70. The molecule has 0 aromatic heterocycles. The van der Waals surface area contributed by atoms with Crippen LogP contribution in [0.2, 0.25) is 0 Å². The quantitative estimate of drug-likeness (QED) is 0.552. The van der Waals surface area contributed by atoms with E-state index in [0.717, 1.165) is 6.07 Å². The summed E-state index contributed by atoms with van der Waals surface area (Å²) in [6, 6.07) is 2.19. The van der Waals surface area contributed by atoms with E-state index in [1.54, 1.807) is 0 Å². The van der Waals surface area contributed by atoms with E-state index in [1.807, 2.05) is 0 Å². The minimum absolute atomic E-state index is 0.0207. The standard InChI is InChI=1S/C9H8F4/c1-5-3-6(2)8(10)7(4-5)9(11,12)13/h3-4H,1-2H3. The second-order valence-corrected chi connectivity index (χ2v) is 2.94. The summed E-state index contributed by atoms with van der Waals surface area (Å²) in [7, 11) is 0. The molecular weight excluding hydrogens is 184 g/mol. The molecule has 0 amide bonds. The first kappa shape index (κ1) is 10.0. The summed E-state index contributed by atoms with van der Waals surface area (Å²) in [5, 5.41) is 0. The molecule has 0 aliphatic heterocycles. The van der Waals surface area contributed by atoms with Crippen LogP contribution in [0.4, 0.5) is 17.6 Å². The van der Waals surface area contributed by atoms with Gasteiger partial charge in [-0.25, -0.2) is 4.39 Å². The summed E-state index contributed by atoms with van der Waals surface area (Å²) in [5.41, 5.74) is -0.761. The lowest BCUT2D eigenvalue weighted by Gasteiger charge is -2.10. The van der Waals surface area contributed by atoms with Crippen LogP contribution in [0.3, 0.4) is 0 Å². The molecule has 1 aromatic rings. The van der Waals surface area contributed by atoms with Gasteiger partial charge in [-0.1, -0.05) is 11.6 Å². The summed E-state index contributed by atoms with van der Waals surface area (Å²) in [6.07, 6.45) is -4.61. The Morgan fingerprint density at radius 1 is 1.08 bits per heavy atom. The Kier molecular flexibility index (Phi) is 2.32. The van der Waals surface area contributed by atoms with Gasteiger partial charge in [-0.3, -0.25) is 0 Å². The molecule has 1 rings (SSSR count). The molecule has 0 atom stereocenters. The summed E-state index contributed by atoms with van der Waals surface area (Å²) in [6.45, 7) is 2.82. The molecule has 0 heterocycles. The second-order valence-electron chi connectivity index (χ2n) is 2.94. The van der Waals surface area contributed by atoms with Gasteiger partial charge in [0.25, 0.3) is 0 Å². The second kappa shape index (κ2) is 3.01. The van der Waals surface area contributed by atoms with E-state index in [1.165, 1.54) is 19.9 Å². The SMILES string of the molecule is Cc1cc(C)c(F)c(C(F)(F)F)c1. The van der Waals surface area contributed by atoms with Gasteiger partial charge < -0.3 is 0 Å². The highest BCUT2D eigenvalue weighted by atomic mass is 19.4. The molecule has 4 heteroatoms. The van der Waals surface area contributed by atoms with E-state index in [0.29, 0.717) is 5.56 Å². The van der Waals surface area contributed by atoms with E-state index >= 15 is 0 Å². The van der Waals surface area contributed by atoms with E-state index in [4.69, 9.17) is 0 Å². The van der Waals surface area contributed by atoms with Crippen molar-refractivity contribution in [2.24, 2.45) is 0 Å². The first-order chi connectivity index (χ1) is 5.82. The van der Waals surface area contributed by atoms with Crippen molar-refractivity contribution < 1.29 is 17.6 Å². The number of halogens is 4. The minimum Gasteiger partial charge on any atom is -0.206 e. The summed E-state index contributed by atoms with van der Waals surface area (Å²) >= 11 is 0. The fourth-order valence-corrected chi connectivity index (χ4v) is 1.16. The van der Waals surface area contributed by atoms with Crippen LogP contribution >= 0.6 is 0 Å². The lowest BCUT2D eigenvalue weighted by molar-refractivity contribution is -0.140. The molecule has 0 bridgehead atoms. The maximum Gasteiger partial charge on any atom is 0.419 e. The number of hydrogen-bond donors (Lipinski definition) is 0. The van der Waals surface area contributed by atoms with Crippen molar-refractivity contribution in [3.05, 3.63) is 34.6 Å². The smallest absolute Gasteiger partial charge is 0.206 e. The minimum atomic E-state index is -4.61. The fraction of sp³-hybridized carbons (Fsp3) is 0.333. The highest BCUT2D eigenvalue weighted by Gasteiger charge is 2.34. The average molecular weight is 192 g/mol. The van der Waals surface area contributed by atoms with Crippen LogP contribution < -0.4 is 0 Å². The molecule has 0 fully saturated rings. The molecule has 0 spiro atoms. The molecule has 13 heavy (non-hydrogen) atoms. The van der Waals surface area contributed by atoms with Crippen molar-refractivity contribution >= 4 is 0 Å². The molecule has 1 aromatic carbocycles. The van der Waals surface area contributed by atoms with E-state index in [2.05, 4.69) is 0 Å². The molecule has 0 radical (unpaired) electrons. The molecule has 0 aliphatic carbocycles. The van der Waals surface area contributed by atoms with Crippen molar-refractivity contribution in [3.63, 3.8) is 0 Å². The summed E-state index contributed by atoms with van der Waals surface area (Å²) < 4.78 is 49.5. The number of rotatable bonds is 0. The van der Waals surface area contributed by atoms with Crippen molar-refractivity contribution in [3.8, 4) is 0 Å². The Bertz CT molecular complexity index is 325. The predicted molar refractivity (Wildman–Crippen MR) is 40.9 cm³/mol. The van der Waals surface area contributed by atoms with Gasteiger partial charge in [0.1, 0.15) is 5.82 Å². The Hall–Kier alpha value is -1.06. The zero-order chi connectivity index (χ0) is 10.2. The van der Waals surface area contributed by atoms with Crippen LogP contribution in [-0.2, 0) is 6.18 Å². The van der Waals surface area contributed by atoms with Crippen LogP contribution in [0.5, 0.6) is 0 Å². The largest absolute Gasteiger partial charge is 0.419 e. The topological polar surface area (TPSA) is 0 Å². The highest BCUT2D eigenvalue weighted by molar-refractivity contribution is 5.32. The van der Waals surface area contributed by atoms with Crippen molar-refractivity contribution in [1.29, 1.82) is 0 Å². The third-order valence-corrected chi connectivity index (χ3v) is 1.70. The maximum atomic E-state index is 13.0. The molecule has 0 unspecified atom stereocenters. The molecule has 0 aliphatic rings. The van der Waals surface area contributed by atoms with Gasteiger partial charge in [0.15, 0.2) is 0 Å². The van der Waals surface area contributed by atoms with Crippen LogP contribution in [0.25, 0.3) is 0 Å². The van der Waals surface area contributed by atoms with Gasteiger partial charge in [-0.15, -0.1) is 0 Å². The fourth-order valence-electron chi connectivity index (χ4n) is 1.16. The zero-order valence-corrected chi connectivity index (χ0v) is 7.17. The number of hydrogen-bond acceptors (Lipinski definition) is 0. The molecule has 0 nitrogen and oxygen atoms in total. The highest BCUT2D eigenvalue weighted by Crippen LogP contribution is 2.32. The lowest BCUT2D eigenvalue weighted by Crippen LogP contribution is -2.09. The van der Waals surface area contributed by atoms with Gasteiger partial charge >= 0.3 is 6.18 Å². The summed E-state index contributed by atoms with van der Waals surface area (Å²) in [5.74, 6) is -1.18. The van der Waals surface area contributed by atoms with Crippen LogP contribution in [-0.4, -0.2) is 0 Å². The van der Waals surface area contributed by atoms with E-state index < -0.39 is 17.6 Å². The molecular formula is C9H8F4. The van der Waals surface area contributed by atoms with Gasteiger partial charge in [0.05, 0.1) is 5.56 Å². The number of aryl methyl sites for hydroxylation is 2. The molecule has 0 saturated heterocycles. The number of benzene rings is 1. The zero-order valence-electron chi connectivity index (χ0n) is 7.17. The van der Waals surface area contributed by atoms with Crippen molar-refractivity contribution in [1.82, 2.24) is 0 Å². The third kappa shape index (κ3) is 1.99. The maximum absolute atomic E-state index is 13.0. The molecule has 0 N–H and O–H groups in total. The van der Waals surface area contributed by atoms with Gasteiger partial charge in [0.2, 0.25) is 0 Å². The van der Waals surface area contributed by atoms with Gasteiger partial charge in [-0.05, 0) is 25.5 Å². The van der Waals surface area contributed by atoms with Crippen molar-refractivity contribution in [2.45, 2.75) is 20.0 Å². The monoisotopic (exact) mass is 192 g/mol. The lowest BCUT2D eigenvalue weighted by atomic mass is 10.1. The van der Waals surface area contributed by atoms with Crippen LogP contribution in [0, 0.1) is 19.7 Å². The van der Waals surface area contributed by atoms with Gasteiger partial charge in [-0.2, -0.15) is 13.2 Å². The van der Waals surface area contributed by atoms with E-state index in [-0.39, 0.29) is 5.56 Å². The van der Waals surface area contributed by atoms with Gasteiger partial charge in [0, 0.05) is 0 Å². The van der Waals surface area contributed by atoms with Crippen molar-refractivity contribution in [2.75, 3.05) is 0 Å². The normalized spacial score (nSPS) is 11.8. The number of alkyl halides is 3. The Morgan fingerprint density at radius 2 is 1.62 bits per heavy atom. The average Bonchev–Trinajstić information content (AvgIpc) is 1.94. The van der Waals surface area contributed by atoms with E-state index in [9.17, 15) is 17.6 Å². The Balaban J connectivity index is 3.37.